The van der Waals surface area contributed by atoms with Crippen molar-refractivity contribution in [2.24, 2.45) is 0 Å². The molecule has 1 N–H and O–H groups in total. The van der Waals surface area contributed by atoms with Crippen molar-refractivity contribution < 1.29 is 9.53 Å². The summed E-state index contributed by atoms with van der Waals surface area (Å²) in [5, 5.41) is 0. The van der Waals surface area contributed by atoms with Gasteiger partial charge in [-0.05, 0) is 25.5 Å². The van der Waals surface area contributed by atoms with Gasteiger partial charge in [-0.3, -0.25) is 4.79 Å². The zero-order chi connectivity index (χ0) is 10.0. The number of aromatic amines is 1. The van der Waals surface area contributed by atoms with Gasteiger partial charge in [0.05, 0.1) is 7.11 Å². The van der Waals surface area contributed by atoms with Crippen LogP contribution in [0.4, 0.5) is 0 Å². The van der Waals surface area contributed by atoms with Gasteiger partial charge in [-0.2, -0.15) is 0 Å². The summed E-state index contributed by atoms with van der Waals surface area (Å²) in [7, 11) is 1.25. The fraction of sp³-hybridized carbons (Fsp3) is 0.333. The van der Waals surface area contributed by atoms with Crippen LogP contribution in [0.1, 0.15) is 21.6 Å². The minimum atomic E-state index is -0.607. The Bertz CT molecular complexity index is 392. The summed E-state index contributed by atoms with van der Waals surface area (Å²) in [6, 6.07) is 1.53. The summed E-state index contributed by atoms with van der Waals surface area (Å²) in [4.78, 5) is 24.9. The zero-order valence-corrected chi connectivity index (χ0v) is 7.80. The van der Waals surface area contributed by atoms with Crippen molar-refractivity contribution in [1.29, 1.82) is 0 Å². The van der Waals surface area contributed by atoms with E-state index < -0.39 is 11.5 Å². The van der Waals surface area contributed by atoms with Gasteiger partial charge < -0.3 is 9.72 Å². The highest BCUT2D eigenvalue weighted by molar-refractivity contribution is 5.89. The molecule has 0 bridgehead atoms. The van der Waals surface area contributed by atoms with E-state index in [1.54, 1.807) is 6.92 Å². The number of rotatable bonds is 1. The van der Waals surface area contributed by atoms with Gasteiger partial charge in [0.1, 0.15) is 5.56 Å². The van der Waals surface area contributed by atoms with Gasteiger partial charge in [0, 0.05) is 5.69 Å². The molecule has 0 aliphatic heterocycles. The summed E-state index contributed by atoms with van der Waals surface area (Å²) in [5.41, 5.74) is 1.26. The minimum absolute atomic E-state index is 0.0469. The lowest BCUT2D eigenvalue weighted by Gasteiger charge is -2.02. The number of esters is 1. The van der Waals surface area contributed by atoms with E-state index in [4.69, 9.17) is 0 Å². The molecule has 1 aromatic rings. The maximum atomic E-state index is 11.2. The molecular weight excluding hydrogens is 170 g/mol. The van der Waals surface area contributed by atoms with Crippen molar-refractivity contribution >= 4 is 5.97 Å². The van der Waals surface area contributed by atoms with Crippen LogP contribution >= 0.6 is 0 Å². The van der Waals surface area contributed by atoms with Gasteiger partial charge in [0.25, 0.3) is 5.56 Å². The molecule has 1 rings (SSSR count). The second-order valence-electron chi connectivity index (χ2n) is 2.81. The number of aryl methyl sites for hydroxylation is 2. The van der Waals surface area contributed by atoms with Crippen molar-refractivity contribution in [3.05, 3.63) is 33.2 Å². The molecule has 0 saturated carbocycles. The number of aromatic nitrogens is 1. The Kier molecular flexibility index (Phi) is 2.51. The lowest BCUT2D eigenvalue weighted by molar-refractivity contribution is 0.0598. The number of carbonyl (C=O) groups is 1. The molecule has 0 aromatic carbocycles. The molecule has 0 spiro atoms. The smallest absolute Gasteiger partial charge is 0.343 e. The molecule has 0 amide bonds. The van der Waals surface area contributed by atoms with Gasteiger partial charge >= 0.3 is 5.97 Å². The summed E-state index contributed by atoms with van der Waals surface area (Å²) in [6.07, 6.45) is 0. The van der Waals surface area contributed by atoms with Gasteiger partial charge in [-0.1, -0.05) is 0 Å². The van der Waals surface area contributed by atoms with Crippen LogP contribution in [0.25, 0.3) is 0 Å². The Hall–Kier alpha value is -1.58. The molecule has 0 aliphatic carbocycles. The SMILES string of the molecule is COC(=O)c1cc(C)c(C)[nH]c1=O. The highest BCUT2D eigenvalue weighted by atomic mass is 16.5. The van der Waals surface area contributed by atoms with Crippen molar-refractivity contribution in [3.8, 4) is 0 Å². The van der Waals surface area contributed by atoms with Crippen molar-refractivity contribution in [1.82, 2.24) is 4.98 Å². The Morgan fingerprint density at radius 2 is 2.08 bits per heavy atom. The molecule has 70 valence electrons. The lowest BCUT2D eigenvalue weighted by atomic mass is 10.1. The summed E-state index contributed by atoms with van der Waals surface area (Å²) >= 11 is 0. The molecule has 4 heteroatoms. The molecule has 1 heterocycles. The van der Waals surface area contributed by atoms with E-state index in [0.29, 0.717) is 0 Å². The molecule has 0 unspecified atom stereocenters. The van der Waals surface area contributed by atoms with Crippen LogP contribution in [0, 0.1) is 13.8 Å². The third-order valence-corrected chi connectivity index (χ3v) is 1.90. The van der Waals surface area contributed by atoms with E-state index in [2.05, 4.69) is 9.72 Å². The summed E-state index contributed by atoms with van der Waals surface area (Å²) < 4.78 is 4.45. The second-order valence-corrected chi connectivity index (χ2v) is 2.81. The number of ether oxygens (including phenoxy) is 1. The predicted molar refractivity (Wildman–Crippen MR) is 47.9 cm³/mol. The fourth-order valence-corrected chi connectivity index (χ4v) is 0.988. The van der Waals surface area contributed by atoms with Crippen LogP contribution < -0.4 is 5.56 Å². The quantitative estimate of drug-likeness (QED) is 0.651. The highest BCUT2D eigenvalue weighted by Crippen LogP contribution is 2.03. The van der Waals surface area contributed by atoms with E-state index in [1.807, 2.05) is 6.92 Å². The summed E-state index contributed by atoms with van der Waals surface area (Å²) in [5.74, 6) is -0.607. The van der Waals surface area contributed by atoms with Crippen molar-refractivity contribution in [2.75, 3.05) is 7.11 Å². The van der Waals surface area contributed by atoms with Crippen LogP contribution in [-0.4, -0.2) is 18.1 Å². The summed E-state index contributed by atoms with van der Waals surface area (Å²) in [6.45, 7) is 3.59. The molecule has 13 heavy (non-hydrogen) atoms. The molecule has 1 aromatic heterocycles. The topological polar surface area (TPSA) is 59.2 Å². The van der Waals surface area contributed by atoms with E-state index in [1.165, 1.54) is 13.2 Å². The standard InChI is InChI=1S/C9H11NO3/c1-5-4-7(9(12)13-3)8(11)10-6(5)2/h4H,1-3H3,(H,10,11). The van der Waals surface area contributed by atoms with Crippen LogP contribution in [0.15, 0.2) is 10.9 Å². The van der Waals surface area contributed by atoms with Crippen LogP contribution in [0.2, 0.25) is 0 Å². The van der Waals surface area contributed by atoms with E-state index in [9.17, 15) is 9.59 Å². The van der Waals surface area contributed by atoms with Crippen LogP contribution in [-0.2, 0) is 4.74 Å². The first-order chi connectivity index (χ1) is 6.06. The minimum Gasteiger partial charge on any atom is -0.465 e. The highest BCUT2D eigenvalue weighted by Gasteiger charge is 2.11. The first-order valence-corrected chi connectivity index (χ1v) is 3.85. The maximum Gasteiger partial charge on any atom is 0.343 e. The number of nitrogens with one attached hydrogen (secondary N) is 1. The first kappa shape index (κ1) is 9.51. The zero-order valence-electron chi connectivity index (χ0n) is 7.80. The fourth-order valence-electron chi connectivity index (χ4n) is 0.988. The number of hydrogen-bond donors (Lipinski definition) is 1. The lowest BCUT2D eigenvalue weighted by Crippen LogP contribution is -2.20. The number of H-pyrrole nitrogens is 1. The van der Waals surface area contributed by atoms with Crippen molar-refractivity contribution in [2.45, 2.75) is 13.8 Å². The molecule has 0 fully saturated rings. The Labute approximate surface area is 75.5 Å². The van der Waals surface area contributed by atoms with Gasteiger partial charge in [0.2, 0.25) is 0 Å². The molecule has 0 radical (unpaired) electrons. The van der Waals surface area contributed by atoms with Gasteiger partial charge in [-0.15, -0.1) is 0 Å². The molecular formula is C9H11NO3. The van der Waals surface area contributed by atoms with Gasteiger partial charge in [-0.25, -0.2) is 4.79 Å². The normalized spacial score (nSPS) is 9.77. The van der Waals surface area contributed by atoms with Crippen LogP contribution in [0.3, 0.4) is 0 Å². The number of hydrogen-bond acceptors (Lipinski definition) is 3. The first-order valence-electron chi connectivity index (χ1n) is 3.85. The third kappa shape index (κ3) is 1.77. The van der Waals surface area contributed by atoms with E-state index in [0.717, 1.165) is 11.3 Å². The Balaban J connectivity index is 3.32. The molecule has 4 nitrogen and oxygen atoms in total. The number of methoxy groups -OCH3 is 1. The number of carbonyl (C=O) groups excluding carboxylic acids is 1. The van der Waals surface area contributed by atoms with Gasteiger partial charge in [0.15, 0.2) is 0 Å². The predicted octanol–water partition coefficient (Wildman–Crippen LogP) is 0.778. The second kappa shape index (κ2) is 3.43. The molecule has 0 aliphatic rings. The van der Waals surface area contributed by atoms with Crippen molar-refractivity contribution in [3.63, 3.8) is 0 Å². The monoisotopic (exact) mass is 181 g/mol. The third-order valence-electron chi connectivity index (χ3n) is 1.90. The van der Waals surface area contributed by atoms with Crippen LogP contribution in [0.5, 0.6) is 0 Å². The largest absolute Gasteiger partial charge is 0.465 e. The Morgan fingerprint density at radius 3 is 2.62 bits per heavy atom. The Morgan fingerprint density at radius 1 is 1.46 bits per heavy atom. The average Bonchev–Trinajstić information content (AvgIpc) is 2.10. The van der Waals surface area contributed by atoms with E-state index in [-0.39, 0.29) is 5.56 Å². The molecule has 0 atom stereocenters. The van der Waals surface area contributed by atoms with E-state index >= 15 is 0 Å². The maximum absolute atomic E-state index is 11.2. The molecule has 0 saturated heterocycles. The number of pyridine rings is 1. The average molecular weight is 181 g/mol.